The lowest BCUT2D eigenvalue weighted by molar-refractivity contribution is 0.141. The van der Waals surface area contributed by atoms with E-state index in [1.54, 1.807) is 6.07 Å². The first-order chi connectivity index (χ1) is 9.45. The topological polar surface area (TPSA) is 37.4 Å². The zero-order chi connectivity index (χ0) is 14.8. The van der Waals surface area contributed by atoms with Crippen molar-refractivity contribution in [3.05, 3.63) is 30.1 Å². The summed E-state index contributed by atoms with van der Waals surface area (Å²) in [6, 6.07) is 5.59. The highest BCUT2D eigenvalue weighted by Gasteiger charge is 2.36. The fourth-order valence-electron chi connectivity index (χ4n) is 2.95. The summed E-state index contributed by atoms with van der Waals surface area (Å²) in [4.78, 5) is -0.208. The van der Waals surface area contributed by atoms with Crippen LogP contribution in [0.4, 0.5) is 4.39 Å². The van der Waals surface area contributed by atoms with Crippen molar-refractivity contribution < 1.29 is 12.8 Å². The zero-order valence-electron chi connectivity index (χ0n) is 12.1. The van der Waals surface area contributed by atoms with Gasteiger partial charge in [0.15, 0.2) is 0 Å². The van der Waals surface area contributed by atoms with Crippen molar-refractivity contribution in [2.24, 2.45) is 5.41 Å². The molecule has 0 atom stereocenters. The van der Waals surface area contributed by atoms with Crippen LogP contribution in [-0.2, 0) is 10.0 Å². The summed E-state index contributed by atoms with van der Waals surface area (Å²) in [5.74, 6) is -0.671. The van der Waals surface area contributed by atoms with Gasteiger partial charge in [0.1, 0.15) is 10.7 Å². The van der Waals surface area contributed by atoms with Gasteiger partial charge in [-0.2, -0.15) is 4.31 Å². The van der Waals surface area contributed by atoms with E-state index in [9.17, 15) is 12.8 Å². The Balaban J connectivity index is 2.20. The van der Waals surface area contributed by atoms with E-state index in [4.69, 9.17) is 0 Å². The standard InChI is InChI=1S/C15H22FNO2S/c1-3-15(4-2)9-11-17(12-10-15)20(18,19)14-8-6-5-7-13(14)16/h5-8H,3-4,9-12H2,1-2H3. The Morgan fingerprint density at radius 3 is 2.20 bits per heavy atom. The van der Waals surface area contributed by atoms with Crippen molar-refractivity contribution in [2.45, 2.75) is 44.4 Å². The number of halogens is 1. The molecule has 0 aliphatic carbocycles. The third-order valence-electron chi connectivity index (χ3n) is 4.74. The Morgan fingerprint density at radius 2 is 1.70 bits per heavy atom. The van der Waals surface area contributed by atoms with Crippen LogP contribution in [0, 0.1) is 11.2 Å². The molecule has 1 aromatic rings. The van der Waals surface area contributed by atoms with Crippen LogP contribution in [0.1, 0.15) is 39.5 Å². The molecule has 1 aliphatic rings. The van der Waals surface area contributed by atoms with Crippen LogP contribution in [-0.4, -0.2) is 25.8 Å². The number of hydrogen-bond donors (Lipinski definition) is 0. The van der Waals surface area contributed by atoms with Crippen molar-refractivity contribution in [1.29, 1.82) is 0 Å². The lowest BCUT2D eigenvalue weighted by Gasteiger charge is -2.40. The Kier molecular flexibility index (Phi) is 4.49. The molecule has 0 N–H and O–H groups in total. The highest BCUT2D eigenvalue weighted by molar-refractivity contribution is 7.89. The average Bonchev–Trinajstić information content (AvgIpc) is 2.47. The van der Waals surface area contributed by atoms with Gasteiger partial charge in [-0.15, -0.1) is 0 Å². The molecule has 0 spiro atoms. The zero-order valence-corrected chi connectivity index (χ0v) is 12.9. The van der Waals surface area contributed by atoms with Crippen molar-refractivity contribution in [2.75, 3.05) is 13.1 Å². The van der Waals surface area contributed by atoms with Crippen molar-refractivity contribution >= 4 is 10.0 Å². The van der Waals surface area contributed by atoms with Gasteiger partial charge in [0.2, 0.25) is 10.0 Å². The number of benzene rings is 1. The first-order valence-electron chi connectivity index (χ1n) is 7.20. The SMILES string of the molecule is CCC1(CC)CCN(S(=O)(=O)c2ccccc2F)CC1. The van der Waals surface area contributed by atoms with Crippen LogP contribution in [0.2, 0.25) is 0 Å². The van der Waals surface area contributed by atoms with Crippen molar-refractivity contribution in [1.82, 2.24) is 4.31 Å². The minimum atomic E-state index is -3.70. The Hall–Kier alpha value is -0.940. The van der Waals surface area contributed by atoms with E-state index >= 15 is 0 Å². The van der Waals surface area contributed by atoms with Gasteiger partial charge in [0.05, 0.1) is 0 Å². The summed E-state index contributed by atoms with van der Waals surface area (Å²) in [6.07, 6.45) is 3.84. The van der Waals surface area contributed by atoms with Gasteiger partial charge in [-0.3, -0.25) is 0 Å². The highest BCUT2D eigenvalue weighted by atomic mass is 32.2. The molecule has 0 amide bonds. The van der Waals surface area contributed by atoms with Gasteiger partial charge in [0, 0.05) is 13.1 Å². The van der Waals surface area contributed by atoms with Crippen LogP contribution in [0.15, 0.2) is 29.2 Å². The molecule has 1 heterocycles. The van der Waals surface area contributed by atoms with E-state index in [0.29, 0.717) is 13.1 Å². The third kappa shape index (κ3) is 2.74. The Labute approximate surface area is 120 Å². The molecule has 112 valence electrons. The van der Waals surface area contributed by atoms with Gasteiger partial charge in [-0.1, -0.05) is 38.8 Å². The summed E-state index contributed by atoms with van der Waals surface area (Å²) in [5, 5.41) is 0. The van der Waals surface area contributed by atoms with Crippen molar-refractivity contribution in [3.8, 4) is 0 Å². The van der Waals surface area contributed by atoms with E-state index in [-0.39, 0.29) is 10.3 Å². The molecule has 0 radical (unpaired) electrons. The minimum absolute atomic E-state index is 0.208. The molecule has 1 saturated heterocycles. The maximum Gasteiger partial charge on any atom is 0.245 e. The number of piperidine rings is 1. The van der Waals surface area contributed by atoms with Crippen LogP contribution in [0.25, 0.3) is 0 Å². The average molecular weight is 299 g/mol. The predicted molar refractivity (Wildman–Crippen MR) is 77.4 cm³/mol. The number of sulfonamides is 1. The lowest BCUT2D eigenvalue weighted by Crippen LogP contribution is -2.42. The van der Waals surface area contributed by atoms with Gasteiger partial charge < -0.3 is 0 Å². The normalized spacial score (nSPS) is 19.9. The fourth-order valence-corrected chi connectivity index (χ4v) is 4.46. The minimum Gasteiger partial charge on any atom is -0.207 e. The molecule has 0 unspecified atom stereocenters. The molecule has 3 nitrogen and oxygen atoms in total. The maximum absolute atomic E-state index is 13.7. The first kappa shape index (κ1) is 15.4. The first-order valence-corrected chi connectivity index (χ1v) is 8.64. The molecule has 0 saturated carbocycles. The Morgan fingerprint density at radius 1 is 1.15 bits per heavy atom. The van der Waals surface area contributed by atoms with E-state index < -0.39 is 15.8 Å². The monoisotopic (exact) mass is 299 g/mol. The molecular weight excluding hydrogens is 277 g/mol. The Bertz CT molecular complexity index is 557. The quantitative estimate of drug-likeness (QED) is 0.854. The van der Waals surface area contributed by atoms with Crippen LogP contribution >= 0.6 is 0 Å². The number of hydrogen-bond acceptors (Lipinski definition) is 2. The van der Waals surface area contributed by atoms with E-state index in [2.05, 4.69) is 13.8 Å². The lowest BCUT2D eigenvalue weighted by atomic mass is 9.75. The van der Waals surface area contributed by atoms with Crippen LogP contribution in [0.5, 0.6) is 0 Å². The van der Waals surface area contributed by atoms with Gasteiger partial charge in [-0.25, -0.2) is 12.8 Å². The molecule has 0 bridgehead atoms. The molecule has 20 heavy (non-hydrogen) atoms. The third-order valence-corrected chi connectivity index (χ3v) is 6.67. The van der Waals surface area contributed by atoms with Crippen LogP contribution < -0.4 is 0 Å². The molecule has 5 heteroatoms. The second kappa shape index (κ2) is 5.82. The molecule has 1 aliphatic heterocycles. The molecule has 1 fully saturated rings. The number of nitrogens with zero attached hydrogens (tertiary/aromatic N) is 1. The largest absolute Gasteiger partial charge is 0.245 e. The van der Waals surface area contributed by atoms with Gasteiger partial charge >= 0.3 is 0 Å². The van der Waals surface area contributed by atoms with Gasteiger partial charge in [0.25, 0.3) is 0 Å². The predicted octanol–water partition coefficient (Wildman–Crippen LogP) is 3.42. The van der Waals surface area contributed by atoms with Gasteiger partial charge in [-0.05, 0) is 30.4 Å². The molecule has 2 rings (SSSR count). The fraction of sp³-hybridized carbons (Fsp3) is 0.600. The summed E-state index contributed by atoms with van der Waals surface area (Å²) < 4.78 is 40.1. The summed E-state index contributed by atoms with van der Waals surface area (Å²) >= 11 is 0. The van der Waals surface area contributed by atoms with Crippen molar-refractivity contribution in [3.63, 3.8) is 0 Å². The maximum atomic E-state index is 13.7. The smallest absolute Gasteiger partial charge is 0.207 e. The van der Waals surface area contributed by atoms with Crippen LogP contribution in [0.3, 0.4) is 0 Å². The summed E-state index contributed by atoms with van der Waals surface area (Å²) in [7, 11) is -3.70. The summed E-state index contributed by atoms with van der Waals surface area (Å²) in [5.41, 5.74) is 0.251. The highest BCUT2D eigenvalue weighted by Crippen LogP contribution is 2.39. The van der Waals surface area contributed by atoms with E-state index in [1.807, 2.05) is 0 Å². The van der Waals surface area contributed by atoms with E-state index in [0.717, 1.165) is 25.7 Å². The second-order valence-corrected chi connectivity index (χ2v) is 7.45. The molecule has 0 aromatic heterocycles. The van der Waals surface area contributed by atoms with E-state index in [1.165, 1.54) is 22.5 Å². The molecular formula is C15H22FNO2S. The second-order valence-electron chi connectivity index (χ2n) is 5.54. The number of rotatable bonds is 4. The summed E-state index contributed by atoms with van der Waals surface area (Å²) in [6.45, 7) is 5.28. The molecule has 1 aromatic carbocycles.